The lowest BCUT2D eigenvalue weighted by atomic mass is 10.0. The zero-order valence-corrected chi connectivity index (χ0v) is 14.0. The molecule has 2 rings (SSSR count). The molecule has 0 amide bonds. The molecule has 0 bridgehead atoms. The number of hydrogen-bond acceptors (Lipinski definition) is 2. The van der Waals surface area contributed by atoms with E-state index < -0.39 is 0 Å². The molecule has 1 unspecified atom stereocenters. The van der Waals surface area contributed by atoms with Crippen LogP contribution in [0.4, 0.5) is 0 Å². The molecule has 0 spiro atoms. The summed E-state index contributed by atoms with van der Waals surface area (Å²) in [6.45, 7) is 3.14. The maximum absolute atomic E-state index is 5.93. The maximum Gasteiger partial charge on any atom is 0.0406 e. The maximum atomic E-state index is 5.93. The third-order valence-electron chi connectivity index (χ3n) is 3.01. The van der Waals surface area contributed by atoms with E-state index in [0.29, 0.717) is 6.04 Å². The average Bonchev–Trinajstić information content (AvgIpc) is 2.78. The summed E-state index contributed by atoms with van der Waals surface area (Å²) >= 11 is 11.3. The highest BCUT2D eigenvalue weighted by atomic mass is 79.9. The number of hydrogen-bond donors (Lipinski definition) is 1. The van der Waals surface area contributed by atoms with Crippen LogP contribution in [0.25, 0.3) is 0 Å². The van der Waals surface area contributed by atoms with Gasteiger partial charge in [0.1, 0.15) is 0 Å². The molecular weight excluding hydrogens is 342 g/mol. The average molecular weight is 359 g/mol. The first kappa shape index (κ1) is 15.0. The Bertz CT molecular complexity index is 509. The second-order valence-electron chi connectivity index (χ2n) is 4.48. The van der Waals surface area contributed by atoms with Gasteiger partial charge in [0.2, 0.25) is 0 Å². The van der Waals surface area contributed by atoms with Gasteiger partial charge in [-0.05, 0) is 64.5 Å². The van der Waals surface area contributed by atoms with Crippen molar-refractivity contribution in [2.75, 3.05) is 6.54 Å². The lowest BCUT2D eigenvalue weighted by Crippen LogP contribution is -2.32. The zero-order chi connectivity index (χ0) is 13.7. The lowest BCUT2D eigenvalue weighted by Gasteiger charge is -2.17. The van der Waals surface area contributed by atoms with Gasteiger partial charge in [-0.15, -0.1) is 11.3 Å². The number of thiophene rings is 1. The van der Waals surface area contributed by atoms with Gasteiger partial charge in [-0.3, -0.25) is 0 Å². The van der Waals surface area contributed by atoms with Crippen molar-refractivity contribution in [2.45, 2.75) is 25.8 Å². The molecule has 1 aromatic heterocycles. The lowest BCUT2D eigenvalue weighted by molar-refractivity contribution is 0.524. The van der Waals surface area contributed by atoms with Crippen LogP contribution >= 0.6 is 38.9 Å². The fourth-order valence-electron chi connectivity index (χ4n) is 2.10. The van der Waals surface area contributed by atoms with Crippen LogP contribution < -0.4 is 5.32 Å². The Morgan fingerprint density at radius 3 is 2.53 bits per heavy atom. The van der Waals surface area contributed by atoms with Gasteiger partial charge >= 0.3 is 0 Å². The van der Waals surface area contributed by atoms with Gasteiger partial charge in [0.15, 0.2) is 0 Å². The van der Waals surface area contributed by atoms with Crippen molar-refractivity contribution in [2.24, 2.45) is 0 Å². The van der Waals surface area contributed by atoms with Crippen molar-refractivity contribution in [3.05, 3.63) is 55.6 Å². The summed E-state index contributed by atoms with van der Waals surface area (Å²) in [7, 11) is 0. The molecule has 0 radical (unpaired) electrons. The molecule has 1 aromatic carbocycles. The molecule has 0 aliphatic rings. The van der Waals surface area contributed by atoms with Gasteiger partial charge in [-0.25, -0.2) is 0 Å². The Kier molecular flexibility index (Phi) is 5.89. The minimum absolute atomic E-state index is 0.459. The first-order valence-corrected chi connectivity index (χ1v) is 8.43. The molecule has 0 fully saturated rings. The predicted octanol–water partition coefficient (Wildman–Crippen LogP) is 4.93. The summed E-state index contributed by atoms with van der Waals surface area (Å²) in [4.78, 5) is 1.40. The van der Waals surface area contributed by atoms with Crippen molar-refractivity contribution >= 4 is 38.9 Å². The van der Waals surface area contributed by atoms with Crippen LogP contribution in [0.15, 0.2) is 40.2 Å². The molecule has 1 heterocycles. The summed E-state index contributed by atoms with van der Waals surface area (Å²) in [5.41, 5.74) is 1.32. The van der Waals surface area contributed by atoms with E-state index in [4.69, 9.17) is 11.6 Å². The molecule has 0 saturated heterocycles. The van der Waals surface area contributed by atoms with Gasteiger partial charge in [-0.1, -0.05) is 30.7 Å². The smallest absolute Gasteiger partial charge is 0.0406 e. The van der Waals surface area contributed by atoms with Crippen molar-refractivity contribution in [1.29, 1.82) is 0 Å². The third kappa shape index (κ3) is 4.60. The number of nitrogens with one attached hydrogen (secondary N) is 1. The molecule has 102 valence electrons. The fraction of sp³-hybridized carbons (Fsp3) is 0.333. The van der Waals surface area contributed by atoms with Crippen molar-refractivity contribution in [1.82, 2.24) is 5.32 Å². The number of halogens is 2. The Morgan fingerprint density at radius 1 is 1.21 bits per heavy atom. The van der Waals surface area contributed by atoms with E-state index in [-0.39, 0.29) is 0 Å². The Balaban J connectivity index is 2.03. The van der Waals surface area contributed by atoms with E-state index in [1.54, 1.807) is 0 Å². The number of benzene rings is 1. The van der Waals surface area contributed by atoms with Gasteiger partial charge in [0.05, 0.1) is 0 Å². The highest BCUT2D eigenvalue weighted by molar-refractivity contribution is 9.10. The summed E-state index contributed by atoms with van der Waals surface area (Å²) in [6, 6.07) is 10.7. The monoisotopic (exact) mass is 357 g/mol. The topological polar surface area (TPSA) is 12.0 Å². The van der Waals surface area contributed by atoms with Crippen LogP contribution in [-0.2, 0) is 12.8 Å². The normalized spacial score (nSPS) is 12.6. The van der Waals surface area contributed by atoms with Crippen molar-refractivity contribution < 1.29 is 0 Å². The molecule has 4 heteroatoms. The fourth-order valence-corrected chi connectivity index (χ4v) is 3.83. The van der Waals surface area contributed by atoms with E-state index in [1.165, 1.54) is 14.9 Å². The molecular formula is C15H17BrClNS. The molecule has 1 atom stereocenters. The standard InChI is InChI=1S/C15H17BrClNS/c1-2-18-13(10-15-14(16)7-8-19-15)9-11-3-5-12(17)6-4-11/h3-8,13,18H,2,9-10H2,1H3. The molecule has 0 aliphatic carbocycles. The molecule has 2 aromatic rings. The van der Waals surface area contributed by atoms with E-state index in [0.717, 1.165) is 24.4 Å². The van der Waals surface area contributed by atoms with Crippen LogP contribution in [0, 0.1) is 0 Å². The molecule has 0 saturated carbocycles. The first-order valence-electron chi connectivity index (χ1n) is 6.38. The molecule has 19 heavy (non-hydrogen) atoms. The largest absolute Gasteiger partial charge is 0.314 e. The van der Waals surface area contributed by atoms with Crippen LogP contribution in [0.2, 0.25) is 5.02 Å². The second kappa shape index (κ2) is 7.44. The number of rotatable bonds is 6. The Morgan fingerprint density at radius 2 is 1.95 bits per heavy atom. The third-order valence-corrected chi connectivity index (χ3v) is 5.21. The number of likely N-dealkylation sites (N-methyl/N-ethyl adjacent to an activating group) is 1. The van der Waals surface area contributed by atoms with Crippen molar-refractivity contribution in [3.8, 4) is 0 Å². The summed E-state index contributed by atoms with van der Waals surface area (Å²) in [6.07, 6.45) is 2.07. The molecule has 0 aliphatic heterocycles. The summed E-state index contributed by atoms with van der Waals surface area (Å²) in [5, 5.41) is 6.49. The highest BCUT2D eigenvalue weighted by Crippen LogP contribution is 2.24. The first-order chi connectivity index (χ1) is 9.19. The van der Waals surface area contributed by atoms with E-state index in [9.17, 15) is 0 Å². The molecule has 1 N–H and O–H groups in total. The predicted molar refractivity (Wildman–Crippen MR) is 88.3 cm³/mol. The van der Waals surface area contributed by atoms with Crippen molar-refractivity contribution in [3.63, 3.8) is 0 Å². The second-order valence-corrected chi connectivity index (χ2v) is 6.77. The summed E-state index contributed by atoms with van der Waals surface area (Å²) < 4.78 is 1.22. The minimum Gasteiger partial charge on any atom is -0.314 e. The van der Waals surface area contributed by atoms with E-state index in [2.05, 4.69) is 51.7 Å². The van der Waals surface area contributed by atoms with E-state index >= 15 is 0 Å². The Hall–Kier alpha value is -0.350. The van der Waals surface area contributed by atoms with Gasteiger partial charge < -0.3 is 5.32 Å². The quantitative estimate of drug-likeness (QED) is 0.772. The summed E-state index contributed by atoms with van der Waals surface area (Å²) in [5.74, 6) is 0. The Labute approximate surface area is 132 Å². The zero-order valence-electron chi connectivity index (χ0n) is 10.8. The van der Waals surface area contributed by atoms with Crippen LogP contribution in [0.3, 0.4) is 0 Å². The SMILES string of the molecule is CCNC(Cc1ccc(Cl)cc1)Cc1sccc1Br. The van der Waals surface area contributed by atoms with Crippen LogP contribution in [0.5, 0.6) is 0 Å². The van der Waals surface area contributed by atoms with Crippen LogP contribution in [0.1, 0.15) is 17.4 Å². The highest BCUT2D eigenvalue weighted by Gasteiger charge is 2.12. The van der Waals surface area contributed by atoms with Gasteiger partial charge in [0, 0.05) is 20.4 Å². The van der Waals surface area contributed by atoms with Gasteiger partial charge in [0.25, 0.3) is 0 Å². The van der Waals surface area contributed by atoms with Gasteiger partial charge in [-0.2, -0.15) is 0 Å². The van der Waals surface area contributed by atoms with Crippen LogP contribution in [-0.4, -0.2) is 12.6 Å². The minimum atomic E-state index is 0.459. The van der Waals surface area contributed by atoms with E-state index in [1.807, 2.05) is 23.5 Å². The molecule has 1 nitrogen and oxygen atoms in total.